The smallest absolute Gasteiger partial charge is 0.172 e. The Bertz CT molecular complexity index is 1930. The highest BCUT2D eigenvalue weighted by Crippen LogP contribution is 2.46. The maximum atomic E-state index is 13.3. The zero-order chi connectivity index (χ0) is 40.9. The van der Waals surface area contributed by atoms with E-state index in [1.165, 1.54) is 0 Å². The van der Waals surface area contributed by atoms with Crippen molar-refractivity contribution in [2.75, 3.05) is 0 Å². The summed E-state index contributed by atoms with van der Waals surface area (Å²) in [5.74, 6) is 0.398. The molecule has 2 aromatic heterocycles. The molecule has 0 fully saturated rings. The topological polar surface area (TPSA) is 59.9 Å². The summed E-state index contributed by atoms with van der Waals surface area (Å²) >= 11 is 3.13. The summed E-state index contributed by atoms with van der Waals surface area (Å²) in [5.41, 5.74) is 8.20. The predicted octanol–water partition coefficient (Wildman–Crippen LogP) is 13.3. The number of carbonyl (C=O) groups excluding carboxylic acids is 2. The van der Waals surface area contributed by atoms with Gasteiger partial charge in [-0.1, -0.05) is 171 Å². The van der Waals surface area contributed by atoms with Crippen molar-refractivity contribution in [3.63, 3.8) is 0 Å². The number of Topliss-reactive ketones (excluding diaryl/α,β-unsaturated/α-hetero) is 2. The molecule has 2 aliphatic rings. The van der Waals surface area contributed by atoms with E-state index in [1.54, 1.807) is 35.9 Å². The molecule has 0 N–H and O–H groups in total. The Morgan fingerprint density at radius 3 is 1.29 bits per heavy atom. The number of rotatable bonds is 14. The van der Waals surface area contributed by atoms with Crippen LogP contribution in [-0.2, 0) is 9.59 Å². The maximum absolute atomic E-state index is 13.3. The monoisotopic (exact) mass is 782 g/mol. The SMILES string of the molecule is CC(C=CC=C(C)C=CC1=C(C)C(=O)C(Sc2ccccn2)CC1(C)C)=CC=CC=C(C)C=CC=C(C)C=CC1=C(C)C(=O)C(Sc2ccccn2)CC1(C)C. The van der Waals surface area contributed by atoms with Gasteiger partial charge in [0.25, 0.3) is 0 Å². The van der Waals surface area contributed by atoms with Crippen molar-refractivity contribution in [2.45, 2.75) is 103 Å². The van der Waals surface area contributed by atoms with Gasteiger partial charge in [0.1, 0.15) is 0 Å². The molecule has 0 saturated carbocycles. The van der Waals surface area contributed by atoms with Gasteiger partial charge in [-0.25, -0.2) is 9.97 Å². The Labute approximate surface area is 344 Å². The summed E-state index contributed by atoms with van der Waals surface area (Å²) in [4.78, 5) is 35.4. The van der Waals surface area contributed by atoms with Gasteiger partial charge in [0.15, 0.2) is 11.6 Å². The van der Waals surface area contributed by atoms with Crippen molar-refractivity contribution in [3.8, 4) is 0 Å². The van der Waals surface area contributed by atoms with E-state index in [-0.39, 0.29) is 32.9 Å². The number of aromatic nitrogens is 2. The Morgan fingerprint density at radius 1 is 0.571 bits per heavy atom. The fourth-order valence-electron chi connectivity index (χ4n) is 6.88. The Kier molecular flexibility index (Phi) is 16.2. The molecule has 2 unspecified atom stereocenters. The number of ketones is 2. The minimum absolute atomic E-state index is 0.113. The van der Waals surface area contributed by atoms with Crippen LogP contribution in [0.4, 0.5) is 0 Å². The Hall–Kier alpha value is -4.52. The molecule has 0 amide bonds. The van der Waals surface area contributed by atoms with Crippen LogP contribution in [0, 0.1) is 10.8 Å². The Morgan fingerprint density at radius 2 is 0.929 bits per heavy atom. The highest BCUT2D eigenvalue weighted by atomic mass is 32.2. The highest BCUT2D eigenvalue weighted by Gasteiger charge is 2.39. The van der Waals surface area contributed by atoms with Gasteiger partial charge in [-0.3, -0.25) is 9.59 Å². The lowest BCUT2D eigenvalue weighted by molar-refractivity contribution is -0.116. The number of allylic oxidation sites excluding steroid dienone is 22. The Balaban J connectivity index is 1.28. The molecule has 4 nitrogen and oxygen atoms in total. The molecule has 4 rings (SSSR count). The van der Waals surface area contributed by atoms with Crippen molar-refractivity contribution in [1.29, 1.82) is 0 Å². The van der Waals surface area contributed by atoms with Gasteiger partial charge < -0.3 is 0 Å². The summed E-state index contributed by atoms with van der Waals surface area (Å²) in [6.45, 7) is 21.2. The fraction of sp³-hybridized carbons (Fsp3) is 0.320. The lowest BCUT2D eigenvalue weighted by Crippen LogP contribution is -2.34. The van der Waals surface area contributed by atoms with Crippen LogP contribution < -0.4 is 0 Å². The van der Waals surface area contributed by atoms with E-state index < -0.39 is 0 Å². The summed E-state index contributed by atoms with van der Waals surface area (Å²) in [7, 11) is 0. The first kappa shape index (κ1) is 44.2. The second-order valence-corrected chi connectivity index (χ2v) is 18.4. The van der Waals surface area contributed by atoms with Gasteiger partial charge in [-0.15, -0.1) is 0 Å². The largest absolute Gasteiger partial charge is 0.293 e. The van der Waals surface area contributed by atoms with E-state index in [1.807, 2.05) is 50.2 Å². The third kappa shape index (κ3) is 13.0. The van der Waals surface area contributed by atoms with Gasteiger partial charge >= 0.3 is 0 Å². The lowest BCUT2D eigenvalue weighted by Gasteiger charge is -2.36. The molecular weight excluding hydrogens is 725 g/mol. The van der Waals surface area contributed by atoms with Crippen molar-refractivity contribution in [2.24, 2.45) is 10.8 Å². The van der Waals surface area contributed by atoms with E-state index in [4.69, 9.17) is 0 Å². The second-order valence-electron chi connectivity index (χ2n) is 15.9. The van der Waals surface area contributed by atoms with Crippen LogP contribution in [0.5, 0.6) is 0 Å². The van der Waals surface area contributed by atoms with E-state index in [2.05, 4.69) is 150 Å². The number of thioether (sulfide) groups is 2. The van der Waals surface area contributed by atoms with Crippen LogP contribution in [-0.4, -0.2) is 32.0 Å². The first-order valence-electron chi connectivity index (χ1n) is 19.3. The molecule has 0 aliphatic heterocycles. The predicted molar refractivity (Wildman–Crippen MR) is 241 cm³/mol. The molecule has 56 heavy (non-hydrogen) atoms. The molecule has 0 aromatic carbocycles. The minimum Gasteiger partial charge on any atom is -0.293 e. The second kappa shape index (κ2) is 20.6. The molecule has 0 radical (unpaired) electrons. The molecule has 292 valence electrons. The molecule has 2 aliphatic carbocycles. The zero-order valence-electron chi connectivity index (χ0n) is 34.8. The molecule has 2 atom stereocenters. The van der Waals surface area contributed by atoms with E-state index in [0.29, 0.717) is 0 Å². The number of nitrogens with zero attached hydrogens (tertiary/aromatic N) is 2. The molecular formula is C50H58N2O2S2. The lowest BCUT2D eigenvalue weighted by atomic mass is 9.72. The number of carbonyl (C=O) groups is 2. The zero-order valence-corrected chi connectivity index (χ0v) is 36.4. The van der Waals surface area contributed by atoms with Gasteiger partial charge in [0.2, 0.25) is 0 Å². The molecule has 0 spiro atoms. The normalized spacial score (nSPS) is 21.7. The van der Waals surface area contributed by atoms with Gasteiger partial charge in [-0.05, 0) is 112 Å². The summed E-state index contributed by atoms with van der Waals surface area (Å²) in [5, 5.41) is 1.54. The van der Waals surface area contributed by atoms with Gasteiger partial charge in [0.05, 0.1) is 20.6 Å². The van der Waals surface area contributed by atoms with Crippen molar-refractivity contribution >= 4 is 35.1 Å². The molecule has 6 heteroatoms. The van der Waals surface area contributed by atoms with Crippen molar-refractivity contribution < 1.29 is 9.59 Å². The van der Waals surface area contributed by atoms with E-state index in [0.717, 1.165) is 67.5 Å². The summed E-state index contributed by atoms with van der Waals surface area (Å²) in [6, 6.07) is 11.7. The van der Waals surface area contributed by atoms with Gasteiger partial charge in [0, 0.05) is 12.4 Å². The van der Waals surface area contributed by atoms with Crippen LogP contribution in [0.3, 0.4) is 0 Å². The highest BCUT2D eigenvalue weighted by molar-refractivity contribution is 8.00. The first-order valence-corrected chi connectivity index (χ1v) is 21.1. The third-order valence-electron chi connectivity index (χ3n) is 10.1. The van der Waals surface area contributed by atoms with E-state index >= 15 is 0 Å². The van der Waals surface area contributed by atoms with Gasteiger partial charge in [-0.2, -0.15) is 0 Å². The van der Waals surface area contributed by atoms with Crippen molar-refractivity contribution in [3.05, 3.63) is 178 Å². The molecule has 2 aromatic rings. The standard InChI is InChI=1S/C50H58N2O2S2/c1-35(21-17-23-37(3)27-29-41-39(5)47(53)43(33-49(41,7)8)55-45-25-13-15-31-51-45)19-11-12-20-36(2)22-18-24-38(4)28-30-42-40(6)48(54)44(34-50(42,9)10)56-46-26-14-16-32-52-46/h11-32,43-44H,33-34H2,1-10H3. The first-order chi connectivity index (χ1) is 26.6. The summed E-state index contributed by atoms with van der Waals surface area (Å²) in [6.07, 6.45) is 34.4. The van der Waals surface area contributed by atoms with Crippen LogP contribution >= 0.6 is 23.5 Å². The fourth-order valence-corrected chi connectivity index (χ4v) is 9.59. The van der Waals surface area contributed by atoms with Crippen LogP contribution in [0.1, 0.15) is 82.1 Å². The summed E-state index contributed by atoms with van der Waals surface area (Å²) < 4.78 is 0. The molecule has 0 saturated heterocycles. The number of pyridine rings is 2. The molecule has 2 heterocycles. The maximum Gasteiger partial charge on any atom is 0.172 e. The quantitative estimate of drug-likeness (QED) is 0.178. The van der Waals surface area contributed by atoms with Crippen LogP contribution in [0.2, 0.25) is 0 Å². The van der Waals surface area contributed by atoms with Crippen molar-refractivity contribution in [1.82, 2.24) is 9.97 Å². The number of hydrogen-bond donors (Lipinski definition) is 0. The third-order valence-corrected chi connectivity index (χ3v) is 12.4. The molecule has 0 bridgehead atoms. The van der Waals surface area contributed by atoms with E-state index in [9.17, 15) is 9.59 Å². The minimum atomic E-state index is -0.119. The number of hydrogen-bond acceptors (Lipinski definition) is 6. The van der Waals surface area contributed by atoms with Crippen LogP contribution in [0.25, 0.3) is 0 Å². The van der Waals surface area contributed by atoms with Crippen LogP contribution in [0.15, 0.2) is 188 Å². The average molecular weight is 783 g/mol. The average Bonchev–Trinajstić information content (AvgIpc) is 3.15.